The van der Waals surface area contributed by atoms with E-state index in [-0.39, 0.29) is 0 Å². The van der Waals surface area contributed by atoms with Gasteiger partial charge in [-0.25, -0.2) is 4.98 Å². The normalized spacial score (nSPS) is 10.4. The van der Waals surface area contributed by atoms with E-state index in [9.17, 15) is 0 Å². The van der Waals surface area contributed by atoms with Crippen molar-refractivity contribution in [1.29, 1.82) is 0 Å². The lowest BCUT2D eigenvalue weighted by Crippen LogP contribution is -2.08. The van der Waals surface area contributed by atoms with Crippen LogP contribution in [-0.2, 0) is 12.8 Å². The van der Waals surface area contributed by atoms with Gasteiger partial charge in [-0.05, 0) is 30.5 Å². The van der Waals surface area contributed by atoms with Gasteiger partial charge in [0.15, 0.2) is 5.95 Å². The van der Waals surface area contributed by atoms with Crippen molar-refractivity contribution < 1.29 is 0 Å². The fourth-order valence-corrected chi connectivity index (χ4v) is 1.85. The van der Waals surface area contributed by atoms with Gasteiger partial charge in [0.25, 0.3) is 0 Å². The van der Waals surface area contributed by atoms with Crippen molar-refractivity contribution in [3.63, 3.8) is 0 Å². The number of benzene rings is 1. The molecule has 0 aliphatic rings. The molecule has 0 unspecified atom stereocenters. The maximum absolute atomic E-state index is 4.21. The number of hydrogen-bond acceptors (Lipinski definition) is 3. The van der Waals surface area contributed by atoms with E-state index in [1.165, 1.54) is 11.3 Å². The van der Waals surface area contributed by atoms with Crippen LogP contribution in [0.25, 0.3) is 0 Å². The molecule has 0 aliphatic carbocycles. The van der Waals surface area contributed by atoms with Crippen LogP contribution in [0.1, 0.15) is 11.3 Å². The molecule has 0 radical (unpaired) electrons. The number of hydrogen-bond donors (Lipinski definition) is 2. The summed E-state index contributed by atoms with van der Waals surface area (Å²) in [5, 5.41) is 2.99. The Bertz CT molecular complexity index is 485. The summed E-state index contributed by atoms with van der Waals surface area (Å²) < 4.78 is 0. The highest BCUT2D eigenvalue weighted by Crippen LogP contribution is 2.14. The van der Waals surface area contributed by atoms with E-state index in [4.69, 9.17) is 0 Å². The van der Waals surface area contributed by atoms with Gasteiger partial charge in [-0.2, -0.15) is 0 Å². The summed E-state index contributed by atoms with van der Waals surface area (Å²) in [6, 6.07) is 8.68. The maximum Gasteiger partial charge on any atom is 0.200 e. The Morgan fingerprint density at radius 2 is 1.89 bits per heavy atom. The van der Waals surface area contributed by atoms with Crippen LogP contribution >= 0.6 is 0 Å². The fraction of sp³-hybridized carbons (Fsp3) is 0.357. The Balaban J connectivity index is 1.93. The first kappa shape index (κ1) is 12.5. The molecule has 2 N–H and O–H groups in total. The lowest BCUT2D eigenvalue weighted by molar-refractivity contribution is 0.925. The van der Waals surface area contributed by atoms with E-state index in [0.29, 0.717) is 0 Å². The summed E-state index contributed by atoms with van der Waals surface area (Å²) in [5.74, 6) is 0.827. The largest absolute Gasteiger partial charge is 0.378 e. The molecule has 18 heavy (non-hydrogen) atoms. The lowest BCUT2D eigenvalue weighted by atomic mass is 10.1. The smallest absolute Gasteiger partial charge is 0.200 e. The number of nitrogens with zero attached hydrogens (tertiary/aromatic N) is 2. The summed E-state index contributed by atoms with van der Waals surface area (Å²) in [7, 11) is 5.97. The second-order valence-corrected chi connectivity index (χ2v) is 4.57. The van der Waals surface area contributed by atoms with E-state index >= 15 is 0 Å². The van der Waals surface area contributed by atoms with E-state index in [2.05, 4.69) is 58.5 Å². The SMILES string of the molecule is CNc1ncc(CCc2ccc(N(C)C)cc2)[nH]1. The average Bonchev–Trinajstić information content (AvgIpc) is 2.85. The van der Waals surface area contributed by atoms with Crippen molar-refractivity contribution in [1.82, 2.24) is 9.97 Å². The molecule has 0 bridgehead atoms. The van der Waals surface area contributed by atoms with Gasteiger partial charge in [0.05, 0.1) is 6.20 Å². The molecule has 2 rings (SSSR count). The summed E-state index contributed by atoms with van der Waals surface area (Å²) in [6.07, 6.45) is 3.90. The van der Waals surface area contributed by atoms with Gasteiger partial charge in [-0.1, -0.05) is 12.1 Å². The fourth-order valence-electron chi connectivity index (χ4n) is 1.85. The van der Waals surface area contributed by atoms with Crippen molar-refractivity contribution in [2.75, 3.05) is 31.4 Å². The van der Waals surface area contributed by atoms with Gasteiger partial charge >= 0.3 is 0 Å². The van der Waals surface area contributed by atoms with Gasteiger partial charge in [0, 0.05) is 32.5 Å². The van der Waals surface area contributed by atoms with Crippen LogP contribution in [0.5, 0.6) is 0 Å². The van der Waals surface area contributed by atoms with Crippen molar-refractivity contribution in [3.8, 4) is 0 Å². The quantitative estimate of drug-likeness (QED) is 0.848. The van der Waals surface area contributed by atoms with Crippen molar-refractivity contribution in [2.24, 2.45) is 0 Å². The molecule has 0 saturated carbocycles. The number of aryl methyl sites for hydroxylation is 2. The minimum Gasteiger partial charge on any atom is -0.378 e. The standard InChI is InChI=1S/C14H20N4/c1-15-14-16-10-12(17-14)7-4-11-5-8-13(9-6-11)18(2)3/h5-6,8-10H,4,7H2,1-3H3,(H2,15,16,17). The molecule has 96 valence electrons. The van der Waals surface area contributed by atoms with Crippen LogP contribution in [0.15, 0.2) is 30.5 Å². The van der Waals surface area contributed by atoms with Crippen molar-refractivity contribution in [3.05, 3.63) is 41.7 Å². The first-order valence-corrected chi connectivity index (χ1v) is 6.17. The van der Waals surface area contributed by atoms with E-state index in [1.54, 1.807) is 0 Å². The van der Waals surface area contributed by atoms with Crippen LogP contribution < -0.4 is 10.2 Å². The van der Waals surface area contributed by atoms with E-state index in [1.807, 2.05) is 13.2 Å². The topological polar surface area (TPSA) is 44.0 Å². The zero-order valence-electron chi connectivity index (χ0n) is 11.2. The van der Waals surface area contributed by atoms with E-state index < -0.39 is 0 Å². The first-order chi connectivity index (χ1) is 8.69. The highest BCUT2D eigenvalue weighted by molar-refractivity contribution is 5.46. The molecule has 0 aliphatic heterocycles. The van der Waals surface area contributed by atoms with Crippen molar-refractivity contribution in [2.45, 2.75) is 12.8 Å². The van der Waals surface area contributed by atoms with Gasteiger partial charge in [-0.15, -0.1) is 0 Å². The molecule has 2 aromatic rings. The molecule has 0 amide bonds. The predicted octanol–water partition coefficient (Wildman–Crippen LogP) is 2.30. The van der Waals surface area contributed by atoms with Crippen LogP contribution in [0.4, 0.5) is 11.6 Å². The zero-order valence-corrected chi connectivity index (χ0v) is 11.2. The molecule has 4 nitrogen and oxygen atoms in total. The Morgan fingerprint density at radius 3 is 2.44 bits per heavy atom. The molecule has 0 fully saturated rings. The minimum atomic E-state index is 0.827. The minimum absolute atomic E-state index is 0.827. The second-order valence-electron chi connectivity index (χ2n) is 4.57. The second kappa shape index (κ2) is 5.58. The maximum atomic E-state index is 4.21. The zero-order chi connectivity index (χ0) is 13.0. The molecule has 1 aromatic heterocycles. The Kier molecular flexibility index (Phi) is 3.87. The monoisotopic (exact) mass is 244 g/mol. The molecule has 1 heterocycles. The van der Waals surface area contributed by atoms with Gasteiger partial charge in [0.2, 0.25) is 0 Å². The van der Waals surface area contributed by atoms with E-state index in [0.717, 1.165) is 24.5 Å². The Labute approximate surface area is 108 Å². The number of aromatic amines is 1. The number of nitrogens with one attached hydrogen (secondary N) is 2. The molecule has 0 saturated heterocycles. The summed E-state index contributed by atoms with van der Waals surface area (Å²) in [4.78, 5) is 9.55. The van der Waals surface area contributed by atoms with Crippen LogP contribution in [-0.4, -0.2) is 31.1 Å². The number of aromatic nitrogens is 2. The number of imidazole rings is 1. The summed E-state index contributed by atoms with van der Waals surface area (Å²) in [6.45, 7) is 0. The van der Waals surface area contributed by atoms with Gasteiger partial charge in [0.1, 0.15) is 0 Å². The lowest BCUT2D eigenvalue weighted by Gasteiger charge is -2.12. The van der Waals surface area contributed by atoms with Gasteiger partial charge in [-0.3, -0.25) is 0 Å². The first-order valence-electron chi connectivity index (χ1n) is 6.17. The summed E-state index contributed by atoms with van der Waals surface area (Å²) in [5.41, 5.74) is 3.75. The molecule has 0 spiro atoms. The molecule has 0 atom stereocenters. The van der Waals surface area contributed by atoms with Crippen LogP contribution in [0.3, 0.4) is 0 Å². The third-order valence-corrected chi connectivity index (χ3v) is 3.00. The predicted molar refractivity (Wildman–Crippen MR) is 76.3 cm³/mol. The molecular weight excluding hydrogens is 224 g/mol. The van der Waals surface area contributed by atoms with Crippen molar-refractivity contribution >= 4 is 11.6 Å². The van der Waals surface area contributed by atoms with Crippen LogP contribution in [0, 0.1) is 0 Å². The highest BCUT2D eigenvalue weighted by Gasteiger charge is 2.00. The molecule has 4 heteroatoms. The van der Waals surface area contributed by atoms with Gasteiger partial charge < -0.3 is 15.2 Å². The number of rotatable bonds is 5. The number of anilines is 2. The third kappa shape index (κ3) is 3.03. The third-order valence-electron chi connectivity index (χ3n) is 3.00. The Morgan fingerprint density at radius 1 is 1.17 bits per heavy atom. The number of H-pyrrole nitrogens is 1. The van der Waals surface area contributed by atoms with Crippen LogP contribution in [0.2, 0.25) is 0 Å². The summed E-state index contributed by atoms with van der Waals surface area (Å²) >= 11 is 0. The molecule has 1 aromatic carbocycles. The average molecular weight is 244 g/mol. The molecular formula is C14H20N4. The Hall–Kier alpha value is -1.97. The highest BCUT2D eigenvalue weighted by atomic mass is 15.1.